The fourth-order valence-electron chi connectivity index (χ4n) is 2.61. The van der Waals surface area contributed by atoms with Crippen molar-refractivity contribution in [2.75, 3.05) is 19.6 Å². The Balaban J connectivity index is 2.06. The van der Waals surface area contributed by atoms with Gasteiger partial charge in [-0.05, 0) is 24.6 Å². The lowest BCUT2D eigenvalue weighted by Crippen LogP contribution is -2.50. The minimum absolute atomic E-state index is 0.00918. The molecule has 1 fully saturated rings. The van der Waals surface area contributed by atoms with Crippen LogP contribution in [-0.4, -0.2) is 58.1 Å². The Morgan fingerprint density at radius 2 is 1.83 bits per heavy atom. The Hall–Kier alpha value is -2.41. The molecule has 130 valence electrons. The molecule has 1 aliphatic rings. The number of hydrogen-bond acceptors (Lipinski definition) is 4. The number of nitrogens with zero attached hydrogens (tertiary/aromatic N) is 1. The molecule has 0 saturated carbocycles. The smallest absolute Gasteiger partial charge is 0.335 e. The summed E-state index contributed by atoms with van der Waals surface area (Å²) in [4.78, 5) is 37.0. The first kappa shape index (κ1) is 17.9. The van der Waals surface area contributed by atoms with Crippen LogP contribution in [-0.2, 0) is 4.79 Å². The van der Waals surface area contributed by atoms with Crippen LogP contribution in [0.1, 0.15) is 46.9 Å². The van der Waals surface area contributed by atoms with Crippen LogP contribution >= 0.6 is 0 Å². The number of carboxylic acid groups (broad SMARTS) is 1. The van der Waals surface area contributed by atoms with Crippen molar-refractivity contribution >= 4 is 17.8 Å². The van der Waals surface area contributed by atoms with Gasteiger partial charge in [-0.2, -0.15) is 0 Å². The topological polar surface area (TPSA) is 107 Å². The zero-order valence-corrected chi connectivity index (χ0v) is 13.6. The summed E-state index contributed by atoms with van der Waals surface area (Å²) in [6.07, 6.45) is 0.806. The zero-order chi connectivity index (χ0) is 17.7. The predicted molar refractivity (Wildman–Crippen MR) is 86.8 cm³/mol. The summed E-state index contributed by atoms with van der Waals surface area (Å²) in [5, 5.41) is 21.7. The number of likely N-dealkylation sites (tertiary alicyclic amines) is 1. The summed E-state index contributed by atoms with van der Waals surface area (Å²) in [6, 6.07) is 6.44. The number of hydrogen-bond donors (Lipinski definition) is 3. The molecule has 2 rings (SSSR count). The summed E-state index contributed by atoms with van der Waals surface area (Å²) in [6.45, 7) is 2.84. The van der Waals surface area contributed by atoms with Gasteiger partial charge in [-0.3, -0.25) is 9.59 Å². The van der Waals surface area contributed by atoms with E-state index in [9.17, 15) is 19.5 Å². The van der Waals surface area contributed by atoms with Crippen molar-refractivity contribution in [3.8, 4) is 0 Å². The third kappa shape index (κ3) is 3.91. The van der Waals surface area contributed by atoms with E-state index in [0.717, 1.165) is 6.42 Å². The summed E-state index contributed by atoms with van der Waals surface area (Å²) in [7, 11) is 0. The fraction of sp³-hybridized carbons (Fsp3) is 0.471. The molecule has 1 aromatic rings. The highest BCUT2D eigenvalue weighted by Crippen LogP contribution is 2.23. The highest BCUT2D eigenvalue weighted by Gasteiger charge is 2.40. The number of aliphatic hydroxyl groups is 1. The van der Waals surface area contributed by atoms with Crippen LogP contribution in [0, 0.1) is 0 Å². The maximum absolute atomic E-state index is 12.5. The molecule has 24 heavy (non-hydrogen) atoms. The van der Waals surface area contributed by atoms with Crippen LogP contribution in [0.5, 0.6) is 0 Å². The van der Waals surface area contributed by atoms with E-state index in [0.29, 0.717) is 17.7 Å². The summed E-state index contributed by atoms with van der Waals surface area (Å²) >= 11 is 0. The van der Waals surface area contributed by atoms with Crippen molar-refractivity contribution in [1.29, 1.82) is 0 Å². The molecule has 1 aliphatic heterocycles. The van der Waals surface area contributed by atoms with Crippen LogP contribution in [0.4, 0.5) is 0 Å². The van der Waals surface area contributed by atoms with E-state index >= 15 is 0 Å². The van der Waals surface area contributed by atoms with Crippen molar-refractivity contribution in [3.05, 3.63) is 35.4 Å². The largest absolute Gasteiger partial charge is 0.479 e. The maximum atomic E-state index is 12.5. The minimum Gasteiger partial charge on any atom is -0.479 e. The predicted octanol–water partition coefficient (Wildman–Crippen LogP) is 0.878. The second-order valence-corrected chi connectivity index (χ2v) is 5.97. The molecule has 0 aromatic heterocycles. The van der Waals surface area contributed by atoms with Gasteiger partial charge in [0, 0.05) is 43.6 Å². The van der Waals surface area contributed by atoms with Gasteiger partial charge in [0.1, 0.15) is 0 Å². The van der Waals surface area contributed by atoms with E-state index in [4.69, 9.17) is 5.11 Å². The molecule has 0 unspecified atom stereocenters. The number of amides is 2. The van der Waals surface area contributed by atoms with E-state index in [-0.39, 0.29) is 37.7 Å². The van der Waals surface area contributed by atoms with Crippen LogP contribution in [0.3, 0.4) is 0 Å². The summed E-state index contributed by atoms with van der Waals surface area (Å²) in [5.74, 6) is -1.76. The van der Waals surface area contributed by atoms with Crippen molar-refractivity contribution in [2.45, 2.75) is 31.8 Å². The molecule has 1 saturated heterocycles. The summed E-state index contributed by atoms with van der Waals surface area (Å²) in [5.41, 5.74) is -0.980. The lowest BCUT2D eigenvalue weighted by molar-refractivity contribution is -0.162. The molecular weight excluding hydrogens is 312 g/mol. The van der Waals surface area contributed by atoms with Gasteiger partial charge in [-0.15, -0.1) is 0 Å². The highest BCUT2D eigenvalue weighted by atomic mass is 16.4. The molecule has 3 N–H and O–H groups in total. The molecular formula is C17H22N2O5. The first-order valence-corrected chi connectivity index (χ1v) is 8.00. The Labute approximate surface area is 140 Å². The number of piperidine rings is 1. The molecule has 1 heterocycles. The van der Waals surface area contributed by atoms with Crippen LogP contribution < -0.4 is 5.32 Å². The van der Waals surface area contributed by atoms with Gasteiger partial charge in [-0.1, -0.05) is 13.0 Å². The molecule has 0 atom stereocenters. The van der Waals surface area contributed by atoms with E-state index in [1.807, 2.05) is 6.92 Å². The van der Waals surface area contributed by atoms with Gasteiger partial charge in [0.25, 0.3) is 11.8 Å². The Morgan fingerprint density at radius 3 is 2.42 bits per heavy atom. The Kier molecular flexibility index (Phi) is 5.56. The van der Waals surface area contributed by atoms with Gasteiger partial charge in [0.15, 0.2) is 5.60 Å². The van der Waals surface area contributed by atoms with Crippen LogP contribution in [0.2, 0.25) is 0 Å². The molecule has 0 radical (unpaired) electrons. The van der Waals surface area contributed by atoms with E-state index < -0.39 is 11.6 Å². The van der Waals surface area contributed by atoms with Crippen LogP contribution in [0.15, 0.2) is 24.3 Å². The number of aliphatic carboxylic acids is 1. The molecule has 2 amide bonds. The molecule has 1 aromatic carbocycles. The van der Waals surface area contributed by atoms with Gasteiger partial charge in [0.2, 0.25) is 0 Å². The van der Waals surface area contributed by atoms with E-state index in [1.54, 1.807) is 18.2 Å². The first-order chi connectivity index (χ1) is 11.4. The number of carbonyl (C=O) groups excluding carboxylic acids is 2. The number of nitrogens with one attached hydrogen (secondary N) is 1. The molecule has 7 heteroatoms. The van der Waals surface area contributed by atoms with Crippen molar-refractivity contribution in [2.24, 2.45) is 0 Å². The monoisotopic (exact) mass is 334 g/mol. The van der Waals surface area contributed by atoms with Gasteiger partial charge < -0.3 is 20.4 Å². The normalized spacial score (nSPS) is 16.5. The van der Waals surface area contributed by atoms with Gasteiger partial charge in [0.05, 0.1) is 0 Å². The average Bonchev–Trinajstić information content (AvgIpc) is 2.59. The number of rotatable bonds is 5. The van der Waals surface area contributed by atoms with Crippen molar-refractivity contribution < 1.29 is 24.6 Å². The van der Waals surface area contributed by atoms with Crippen LogP contribution in [0.25, 0.3) is 0 Å². The Morgan fingerprint density at radius 1 is 1.21 bits per heavy atom. The quantitative estimate of drug-likeness (QED) is 0.741. The number of carboxylic acids is 1. The number of benzene rings is 1. The lowest BCUT2D eigenvalue weighted by atomic mass is 9.91. The minimum atomic E-state index is -1.77. The van der Waals surface area contributed by atoms with Gasteiger partial charge in [-0.25, -0.2) is 4.79 Å². The Bertz CT molecular complexity index is 636. The standard InChI is InChI=1S/C17H22N2O5/c1-2-8-18-14(20)12-4-3-5-13(11-12)15(21)19-9-6-17(24,7-10-19)16(22)23/h3-5,11,24H,2,6-10H2,1H3,(H,18,20)(H,22,23). The molecule has 0 aliphatic carbocycles. The maximum Gasteiger partial charge on any atom is 0.335 e. The third-order valence-electron chi connectivity index (χ3n) is 4.18. The SMILES string of the molecule is CCCNC(=O)c1cccc(C(=O)N2CCC(O)(C(=O)O)CC2)c1. The second-order valence-electron chi connectivity index (χ2n) is 5.97. The average molecular weight is 334 g/mol. The van der Waals surface area contributed by atoms with Gasteiger partial charge >= 0.3 is 5.97 Å². The third-order valence-corrected chi connectivity index (χ3v) is 4.18. The summed E-state index contributed by atoms with van der Waals surface area (Å²) < 4.78 is 0. The highest BCUT2D eigenvalue weighted by molar-refractivity contribution is 5.99. The molecule has 0 spiro atoms. The fourth-order valence-corrected chi connectivity index (χ4v) is 2.61. The first-order valence-electron chi connectivity index (χ1n) is 8.00. The lowest BCUT2D eigenvalue weighted by Gasteiger charge is -2.35. The van der Waals surface area contributed by atoms with Crippen molar-refractivity contribution in [1.82, 2.24) is 10.2 Å². The molecule has 0 bridgehead atoms. The zero-order valence-electron chi connectivity index (χ0n) is 13.6. The number of carbonyl (C=O) groups is 3. The van der Waals surface area contributed by atoms with E-state index in [2.05, 4.69) is 5.32 Å². The second kappa shape index (κ2) is 7.44. The molecule has 7 nitrogen and oxygen atoms in total. The van der Waals surface area contributed by atoms with Crippen molar-refractivity contribution in [3.63, 3.8) is 0 Å². The van der Waals surface area contributed by atoms with E-state index in [1.165, 1.54) is 11.0 Å².